The summed E-state index contributed by atoms with van der Waals surface area (Å²) in [6.45, 7) is 0.502. The molecule has 1 aromatic carbocycles. The van der Waals surface area contributed by atoms with Crippen molar-refractivity contribution in [3.8, 4) is 11.4 Å². The molecule has 2 aromatic rings. The normalized spacial score (nSPS) is 23.4. The summed E-state index contributed by atoms with van der Waals surface area (Å²) in [6.07, 6.45) is 0.123. The second-order valence-corrected chi connectivity index (χ2v) is 4.29. The van der Waals surface area contributed by atoms with Gasteiger partial charge in [-0.05, 0) is 18.6 Å². The Morgan fingerprint density at radius 3 is 2.94 bits per heavy atom. The van der Waals surface area contributed by atoms with Crippen molar-refractivity contribution < 1.29 is 14.0 Å². The molecular formula is C12H12FN3O2. The lowest BCUT2D eigenvalue weighted by atomic mass is 10.2. The summed E-state index contributed by atoms with van der Waals surface area (Å²) in [5, 5.41) is 16.2. The third-order valence-corrected chi connectivity index (χ3v) is 2.96. The monoisotopic (exact) mass is 249 g/mol. The molecule has 5 nitrogen and oxygen atoms in total. The van der Waals surface area contributed by atoms with Crippen LogP contribution in [0.2, 0.25) is 0 Å². The highest BCUT2D eigenvalue weighted by atomic mass is 19.1. The van der Waals surface area contributed by atoms with Gasteiger partial charge < -0.3 is 14.9 Å². The molecule has 1 aliphatic rings. The number of aromatic nitrogens is 2. The van der Waals surface area contributed by atoms with Gasteiger partial charge in [0.05, 0.1) is 17.7 Å². The molecule has 0 unspecified atom stereocenters. The molecule has 2 atom stereocenters. The maximum absolute atomic E-state index is 13.5. The first-order chi connectivity index (χ1) is 8.74. The maximum Gasteiger partial charge on any atom is 0.244 e. The molecule has 1 aromatic heterocycles. The van der Waals surface area contributed by atoms with Crippen molar-refractivity contribution in [3.63, 3.8) is 0 Å². The summed E-state index contributed by atoms with van der Waals surface area (Å²) in [7, 11) is 0. The van der Waals surface area contributed by atoms with Crippen LogP contribution in [0.5, 0.6) is 0 Å². The molecule has 1 aliphatic heterocycles. The number of aliphatic hydroxyl groups excluding tert-OH is 1. The molecule has 2 heterocycles. The molecular weight excluding hydrogens is 237 g/mol. The van der Waals surface area contributed by atoms with E-state index in [1.807, 2.05) is 0 Å². The van der Waals surface area contributed by atoms with Crippen molar-refractivity contribution in [2.75, 3.05) is 6.54 Å². The first kappa shape index (κ1) is 11.3. The van der Waals surface area contributed by atoms with Gasteiger partial charge in [0, 0.05) is 6.54 Å². The largest absolute Gasteiger partial charge is 0.392 e. The Labute approximate surface area is 103 Å². The van der Waals surface area contributed by atoms with Crippen LogP contribution in [0.4, 0.5) is 4.39 Å². The lowest BCUT2D eigenvalue weighted by molar-refractivity contribution is 0.191. The molecule has 94 valence electrons. The molecule has 18 heavy (non-hydrogen) atoms. The van der Waals surface area contributed by atoms with E-state index < -0.39 is 6.10 Å². The zero-order chi connectivity index (χ0) is 12.5. The summed E-state index contributed by atoms with van der Waals surface area (Å²) in [4.78, 5) is 4.17. The minimum absolute atomic E-state index is 0.159. The Kier molecular flexibility index (Phi) is 2.81. The van der Waals surface area contributed by atoms with Crippen LogP contribution >= 0.6 is 0 Å². The number of nitrogens with zero attached hydrogens (tertiary/aromatic N) is 2. The Balaban J connectivity index is 1.88. The summed E-state index contributed by atoms with van der Waals surface area (Å²) in [5.74, 6) is 0.223. The van der Waals surface area contributed by atoms with E-state index in [0.29, 0.717) is 24.4 Å². The Morgan fingerprint density at radius 2 is 2.22 bits per heavy atom. The van der Waals surface area contributed by atoms with Gasteiger partial charge in [0.2, 0.25) is 11.7 Å². The lowest BCUT2D eigenvalue weighted by Gasteiger charge is -2.01. The van der Waals surface area contributed by atoms with E-state index in [4.69, 9.17) is 4.52 Å². The highest BCUT2D eigenvalue weighted by molar-refractivity contribution is 5.54. The summed E-state index contributed by atoms with van der Waals surface area (Å²) in [6, 6.07) is 6.11. The van der Waals surface area contributed by atoms with Gasteiger partial charge in [-0.2, -0.15) is 4.98 Å². The lowest BCUT2D eigenvalue weighted by Crippen LogP contribution is -2.15. The van der Waals surface area contributed by atoms with Crippen molar-refractivity contribution in [1.82, 2.24) is 15.5 Å². The summed E-state index contributed by atoms with van der Waals surface area (Å²) < 4.78 is 18.7. The van der Waals surface area contributed by atoms with Gasteiger partial charge in [-0.15, -0.1) is 0 Å². The van der Waals surface area contributed by atoms with Crippen LogP contribution in [-0.2, 0) is 0 Å². The molecule has 6 heteroatoms. The van der Waals surface area contributed by atoms with Gasteiger partial charge in [0.15, 0.2) is 0 Å². The molecule has 0 spiro atoms. The number of aliphatic hydroxyl groups is 1. The predicted molar refractivity (Wildman–Crippen MR) is 61.1 cm³/mol. The van der Waals surface area contributed by atoms with Crippen molar-refractivity contribution in [2.45, 2.75) is 18.6 Å². The highest BCUT2D eigenvalue weighted by Gasteiger charge is 2.28. The number of hydrogen-bond acceptors (Lipinski definition) is 5. The van der Waals surface area contributed by atoms with Crippen LogP contribution in [0.3, 0.4) is 0 Å². The topological polar surface area (TPSA) is 71.2 Å². The first-order valence-electron chi connectivity index (χ1n) is 5.74. The van der Waals surface area contributed by atoms with Crippen LogP contribution in [0, 0.1) is 5.82 Å². The Hall–Kier alpha value is -1.79. The minimum atomic E-state index is -0.404. The van der Waals surface area contributed by atoms with Crippen LogP contribution in [0.15, 0.2) is 28.8 Å². The van der Waals surface area contributed by atoms with Crippen LogP contribution in [0.1, 0.15) is 18.4 Å². The molecule has 1 fully saturated rings. The molecule has 1 saturated heterocycles. The van der Waals surface area contributed by atoms with Gasteiger partial charge in [0.25, 0.3) is 0 Å². The fraction of sp³-hybridized carbons (Fsp3) is 0.333. The van der Waals surface area contributed by atoms with Gasteiger partial charge >= 0.3 is 0 Å². The quantitative estimate of drug-likeness (QED) is 0.838. The fourth-order valence-corrected chi connectivity index (χ4v) is 2.03. The minimum Gasteiger partial charge on any atom is -0.392 e. The third kappa shape index (κ3) is 2.00. The van der Waals surface area contributed by atoms with Crippen LogP contribution < -0.4 is 5.32 Å². The number of nitrogens with one attached hydrogen (secondary N) is 1. The van der Waals surface area contributed by atoms with Gasteiger partial charge in [0.1, 0.15) is 5.82 Å². The Bertz CT molecular complexity index is 558. The predicted octanol–water partition coefficient (Wildman–Crippen LogP) is 1.27. The van der Waals surface area contributed by atoms with E-state index in [1.165, 1.54) is 6.07 Å². The number of rotatable bonds is 2. The van der Waals surface area contributed by atoms with Crippen molar-refractivity contribution >= 4 is 0 Å². The van der Waals surface area contributed by atoms with Crippen molar-refractivity contribution in [1.29, 1.82) is 0 Å². The highest BCUT2D eigenvalue weighted by Crippen LogP contribution is 2.25. The van der Waals surface area contributed by atoms with Crippen molar-refractivity contribution in [3.05, 3.63) is 36.0 Å². The third-order valence-electron chi connectivity index (χ3n) is 2.96. The zero-order valence-electron chi connectivity index (χ0n) is 9.51. The first-order valence-corrected chi connectivity index (χ1v) is 5.74. The van der Waals surface area contributed by atoms with Crippen molar-refractivity contribution in [2.24, 2.45) is 0 Å². The van der Waals surface area contributed by atoms with Gasteiger partial charge in [-0.1, -0.05) is 17.3 Å². The van der Waals surface area contributed by atoms with E-state index in [-0.39, 0.29) is 17.7 Å². The average Bonchev–Trinajstić information content (AvgIpc) is 2.98. The molecule has 0 bridgehead atoms. The number of hydrogen-bond donors (Lipinski definition) is 2. The van der Waals surface area contributed by atoms with E-state index in [9.17, 15) is 9.50 Å². The van der Waals surface area contributed by atoms with E-state index in [0.717, 1.165) is 0 Å². The maximum atomic E-state index is 13.5. The van der Waals surface area contributed by atoms with Crippen LogP contribution in [-0.4, -0.2) is 27.9 Å². The smallest absolute Gasteiger partial charge is 0.244 e. The van der Waals surface area contributed by atoms with E-state index in [1.54, 1.807) is 18.2 Å². The molecule has 0 aliphatic carbocycles. The zero-order valence-corrected chi connectivity index (χ0v) is 9.51. The second-order valence-electron chi connectivity index (χ2n) is 4.29. The Morgan fingerprint density at radius 1 is 1.39 bits per heavy atom. The van der Waals surface area contributed by atoms with Crippen LogP contribution in [0.25, 0.3) is 11.4 Å². The molecule has 2 N–H and O–H groups in total. The fourth-order valence-electron chi connectivity index (χ4n) is 2.03. The second kappa shape index (κ2) is 4.47. The summed E-state index contributed by atoms with van der Waals surface area (Å²) in [5.41, 5.74) is 0.311. The molecule has 0 saturated carbocycles. The number of halogens is 1. The molecule has 3 rings (SSSR count). The number of benzene rings is 1. The molecule has 0 amide bonds. The summed E-state index contributed by atoms with van der Waals surface area (Å²) >= 11 is 0. The average molecular weight is 249 g/mol. The number of β-amino-alcohol motifs (C(OH)–C–C–N with tert-alkyl or cyclic N) is 1. The standard InChI is InChI=1S/C12H12FN3O2/c13-9-4-2-1-3-8(9)11-15-12(18-16-11)10-5-7(17)6-14-10/h1-4,7,10,14,17H,5-6H2/t7-,10-/m1/s1. The van der Waals surface area contributed by atoms with E-state index in [2.05, 4.69) is 15.5 Å². The van der Waals surface area contributed by atoms with Gasteiger partial charge in [-0.25, -0.2) is 4.39 Å². The molecule has 0 radical (unpaired) electrons. The van der Waals surface area contributed by atoms with Gasteiger partial charge in [-0.3, -0.25) is 0 Å². The van der Waals surface area contributed by atoms with E-state index >= 15 is 0 Å². The SMILES string of the molecule is O[C@H]1CN[C@@H](c2nc(-c3ccccc3F)no2)C1.